The molecule has 0 saturated carbocycles. The highest BCUT2D eigenvalue weighted by molar-refractivity contribution is 8.32. The standard InChI is InChI=1S/C15H23BF2O2S/c1-14(2)15(3,4)20-16(19-14)10-8-9-11(21(5,6)7)13(18)12(10)17/h8-9H,1-7H3. The van der Waals surface area contributed by atoms with Crippen molar-refractivity contribution in [2.24, 2.45) is 0 Å². The van der Waals surface area contributed by atoms with E-state index in [1.165, 1.54) is 0 Å². The number of halogens is 2. The smallest absolute Gasteiger partial charge is 0.399 e. The third-order valence-electron chi connectivity index (χ3n) is 4.24. The molecule has 0 bridgehead atoms. The molecule has 2 rings (SSSR count). The van der Waals surface area contributed by atoms with Crippen molar-refractivity contribution in [2.75, 3.05) is 18.8 Å². The maximum absolute atomic E-state index is 14.4. The Balaban J connectivity index is 2.43. The lowest BCUT2D eigenvalue weighted by atomic mass is 9.78. The van der Waals surface area contributed by atoms with Gasteiger partial charge in [0.05, 0.1) is 11.2 Å². The van der Waals surface area contributed by atoms with Crippen molar-refractivity contribution in [3.05, 3.63) is 23.8 Å². The molecular weight excluding hydrogens is 293 g/mol. The van der Waals surface area contributed by atoms with Gasteiger partial charge in [-0.2, -0.15) is 0 Å². The molecule has 21 heavy (non-hydrogen) atoms. The van der Waals surface area contributed by atoms with Gasteiger partial charge in [0.25, 0.3) is 0 Å². The topological polar surface area (TPSA) is 18.5 Å². The molecule has 0 radical (unpaired) electrons. The molecule has 1 fully saturated rings. The average Bonchev–Trinajstić information content (AvgIpc) is 2.50. The van der Waals surface area contributed by atoms with Crippen molar-refractivity contribution in [1.29, 1.82) is 0 Å². The first-order valence-electron chi connectivity index (χ1n) is 6.89. The van der Waals surface area contributed by atoms with E-state index in [9.17, 15) is 8.78 Å². The normalized spacial score (nSPS) is 21.7. The summed E-state index contributed by atoms with van der Waals surface area (Å²) in [7, 11) is -2.22. The molecule has 1 heterocycles. The van der Waals surface area contributed by atoms with Crippen LogP contribution in [0, 0.1) is 11.6 Å². The largest absolute Gasteiger partial charge is 0.497 e. The van der Waals surface area contributed by atoms with Crippen molar-refractivity contribution in [2.45, 2.75) is 43.8 Å². The Morgan fingerprint density at radius 3 is 1.81 bits per heavy atom. The van der Waals surface area contributed by atoms with Crippen molar-refractivity contribution in [1.82, 2.24) is 0 Å². The molecule has 0 amide bonds. The van der Waals surface area contributed by atoms with Crippen LogP contribution in [0.15, 0.2) is 17.0 Å². The second kappa shape index (κ2) is 4.96. The van der Waals surface area contributed by atoms with Gasteiger partial charge in [0.1, 0.15) is 0 Å². The minimum absolute atomic E-state index is 0.124. The van der Waals surface area contributed by atoms with Crippen LogP contribution in [0.5, 0.6) is 0 Å². The van der Waals surface area contributed by atoms with Crippen LogP contribution in [-0.4, -0.2) is 37.1 Å². The monoisotopic (exact) mass is 316 g/mol. The molecule has 1 saturated heterocycles. The summed E-state index contributed by atoms with van der Waals surface area (Å²) >= 11 is 0. The van der Waals surface area contributed by atoms with E-state index >= 15 is 0 Å². The summed E-state index contributed by atoms with van der Waals surface area (Å²) in [5.41, 5.74) is -1.03. The van der Waals surface area contributed by atoms with Crippen molar-refractivity contribution >= 4 is 22.6 Å². The van der Waals surface area contributed by atoms with Crippen LogP contribution < -0.4 is 5.46 Å². The Bertz CT molecular complexity index is 552. The lowest BCUT2D eigenvalue weighted by Crippen LogP contribution is -2.41. The first-order valence-corrected chi connectivity index (χ1v) is 9.74. The fourth-order valence-electron chi connectivity index (χ4n) is 2.17. The Labute approximate surface area is 127 Å². The van der Waals surface area contributed by atoms with E-state index in [0.29, 0.717) is 4.90 Å². The fraction of sp³-hybridized carbons (Fsp3) is 0.600. The van der Waals surface area contributed by atoms with Gasteiger partial charge >= 0.3 is 7.12 Å². The van der Waals surface area contributed by atoms with Gasteiger partial charge in [-0.05, 0) is 52.5 Å². The summed E-state index contributed by atoms with van der Waals surface area (Å²) in [5, 5.41) is 0. The van der Waals surface area contributed by atoms with Crippen LogP contribution in [0.1, 0.15) is 27.7 Å². The molecule has 0 spiro atoms. The molecule has 1 aliphatic rings. The average molecular weight is 316 g/mol. The predicted molar refractivity (Wildman–Crippen MR) is 85.7 cm³/mol. The Morgan fingerprint density at radius 1 is 0.905 bits per heavy atom. The van der Waals surface area contributed by atoms with Gasteiger partial charge < -0.3 is 9.31 Å². The second-order valence-electron chi connectivity index (χ2n) is 7.21. The second-order valence-corrected chi connectivity index (χ2v) is 11.3. The maximum atomic E-state index is 14.4. The van der Waals surface area contributed by atoms with Gasteiger partial charge in [-0.15, -0.1) is 0 Å². The molecule has 118 valence electrons. The molecule has 2 nitrogen and oxygen atoms in total. The quantitative estimate of drug-likeness (QED) is 0.779. The zero-order valence-corrected chi connectivity index (χ0v) is 14.5. The first kappa shape index (κ1) is 16.8. The zero-order valence-electron chi connectivity index (χ0n) is 13.7. The summed E-state index contributed by atoms with van der Waals surface area (Å²) in [5.74, 6) is -1.65. The Hall–Kier alpha value is -0.585. The summed E-state index contributed by atoms with van der Waals surface area (Å²) in [6, 6.07) is 3.22. The van der Waals surface area contributed by atoms with Gasteiger partial charge in [-0.1, -0.05) is 6.07 Å². The predicted octanol–water partition coefficient (Wildman–Crippen LogP) is 3.32. The third kappa shape index (κ3) is 2.85. The van der Waals surface area contributed by atoms with E-state index in [1.54, 1.807) is 12.1 Å². The number of hydrogen-bond donors (Lipinski definition) is 0. The molecule has 0 aliphatic carbocycles. The molecular formula is C15H23BF2O2S. The van der Waals surface area contributed by atoms with Crippen LogP contribution in [0.4, 0.5) is 8.78 Å². The fourth-order valence-corrected chi connectivity index (χ4v) is 3.28. The van der Waals surface area contributed by atoms with Gasteiger partial charge in [0.2, 0.25) is 0 Å². The third-order valence-corrected chi connectivity index (χ3v) is 5.88. The summed E-state index contributed by atoms with van der Waals surface area (Å²) in [4.78, 5) is 0.431. The molecule has 1 aromatic carbocycles. The van der Waals surface area contributed by atoms with E-state index in [2.05, 4.69) is 0 Å². The molecule has 6 heteroatoms. The SMILES string of the molecule is CC1(C)OB(c2ccc(S(C)(C)C)c(F)c2F)OC1(C)C. The number of rotatable bonds is 2. The van der Waals surface area contributed by atoms with Crippen LogP contribution in [0.25, 0.3) is 0 Å². The van der Waals surface area contributed by atoms with Crippen LogP contribution in [0.2, 0.25) is 0 Å². The zero-order chi connectivity index (χ0) is 16.2. The van der Waals surface area contributed by atoms with Gasteiger partial charge in [-0.3, -0.25) is 0 Å². The molecule has 0 N–H and O–H groups in total. The van der Waals surface area contributed by atoms with Crippen LogP contribution in [0.3, 0.4) is 0 Å². The first-order chi connectivity index (χ1) is 9.37. The number of hydrogen-bond acceptors (Lipinski definition) is 2. The van der Waals surface area contributed by atoms with Gasteiger partial charge in [0.15, 0.2) is 11.6 Å². The summed E-state index contributed by atoms with van der Waals surface area (Å²) in [6.45, 7) is 7.54. The maximum Gasteiger partial charge on any atom is 0.497 e. The number of benzene rings is 1. The van der Waals surface area contributed by atoms with E-state index < -0.39 is 40.0 Å². The van der Waals surface area contributed by atoms with Gasteiger partial charge in [-0.25, -0.2) is 18.8 Å². The molecule has 0 unspecified atom stereocenters. The highest BCUT2D eigenvalue weighted by Gasteiger charge is 2.52. The molecule has 1 aromatic rings. The molecule has 0 aromatic heterocycles. The van der Waals surface area contributed by atoms with E-state index in [1.807, 2.05) is 46.5 Å². The van der Waals surface area contributed by atoms with Crippen molar-refractivity contribution in [3.8, 4) is 0 Å². The van der Waals surface area contributed by atoms with E-state index in [4.69, 9.17) is 9.31 Å². The molecule has 1 aliphatic heterocycles. The van der Waals surface area contributed by atoms with Crippen LogP contribution >= 0.6 is 10.0 Å². The van der Waals surface area contributed by atoms with E-state index in [-0.39, 0.29) is 5.46 Å². The van der Waals surface area contributed by atoms with Crippen molar-refractivity contribution < 1.29 is 18.1 Å². The Kier molecular flexibility index (Phi) is 3.97. The highest BCUT2D eigenvalue weighted by atomic mass is 32.3. The van der Waals surface area contributed by atoms with Crippen molar-refractivity contribution in [3.63, 3.8) is 0 Å². The minimum Gasteiger partial charge on any atom is -0.399 e. The summed E-state index contributed by atoms with van der Waals surface area (Å²) in [6.07, 6.45) is 5.79. The molecule has 0 atom stereocenters. The minimum atomic E-state index is -1.34. The summed E-state index contributed by atoms with van der Waals surface area (Å²) < 4.78 is 40.3. The Morgan fingerprint density at radius 2 is 1.38 bits per heavy atom. The van der Waals surface area contributed by atoms with Gasteiger partial charge in [0, 0.05) is 10.4 Å². The lowest BCUT2D eigenvalue weighted by Gasteiger charge is -2.32. The van der Waals surface area contributed by atoms with E-state index in [0.717, 1.165) is 0 Å². The van der Waals surface area contributed by atoms with Crippen LogP contribution in [-0.2, 0) is 9.31 Å². The lowest BCUT2D eigenvalue weighted by molar-refractivity contribution is 0.00578. The highest BCUT2D eigenvalue weighted by Crippen LogP contribution is 2.46.